The van der Waals surface area contributed by atoms with E-state index in [1.54, 1.807) is 11.3 Å². The van der Waals surface area contributed by atoms with Crippen LogP contribution in [0.5, 0.6) is 0 Å². The van der Waals surface area contributed by atoms with E-state index < -0.39 is 0 Å². The quantitative estimate of drug-likeness (QED) is 0.876. The second-order valence-electron chi connectivity index (χ2n) is 3.91. The minimum absolute atomic E-state index is 0.854. The van der Waals surface area contributed by atoms with Crippen molar-refractivity contribution >= 4 is 11.3 Å². The molecule has 1 aromatic carbocycles. The monoisotopic (exact) mass is 232 g/mol. The highest BCUT2D eigenvalue weighted by Crippen LogP contribution is 2.09. The van der Waals surface area contributed by atoms with Gasteiger partial charge in [0.1, 0.15) is 5.01 Å². The van der Waals surface area contributed by atoms with Gasteiger partial charge in [-0.1, -0.05) is 24.3 Å². The number of aryl methyl sites for hydroxylation is 2. The lowest BCUT2D eigenvalue weighted by Crippen LogP contribution is -2.13. The Morgan fingerprint density at radius 2 is 2.00 bits per heavy atom. The van der Waals surface area contributed by atoms with Crippen LogP contribution in [-0.4, -0.2) is 4.98 Å². The van der Waals surface area contributed by atoms with Crippen molar-refractivity contribution in [3.8, 4) is 0 Å². The largest absolute Gasteiger partial charge is 0.306 e. The zero-order valence-corrected chi connectivity index (χ0v) is 10.5. The molecule has 0 aliphatic rings. The molecule has 1 N–H and O–H groups in total. The van der Waals surface area contributed by atoms with E-state index in [1.165, 1.54) is 11.1 Å². The minimum Gasteiger partial charge on any atom is -0.306 e. The number of benzene rings is 1. The van der Waals surface area contributed by atoms with Crippen LogP contribution in [0.15, 0.2) is 29.6 Å². The molecule has 0 aliphatic heterocycles. The van der Waals surface area contributed by atoms with Crippen LogP contribution in [0, 0.1) is 13.8 Å². The van der Waals surface area contributed by atoms with Crippen molar-refractivity contribution in [1.82, 2.24) is 10.3 Å². The number of hydrogen-bond acceptors (Lipinski definition) is 3. The first-order valence-electron chi connectivity index (χ1n) is 5.42. The van der Waals surface area contributed by atoms with E-state index in [2.05, 4.69) is 46.9 Å². The van der Waals surface area contributed by atoms with E-state index in [1.807, 2.05) is 6.92 Å². The van der Waals surface area contributed by atoms with Crippen molar-refractivity contribution in [2.24, 2.45) is 0 Å². The molecule has 84 valence electrons. The number of aromatic nitrogens is 1. The van der Waals surface area contributed by atoms with Gasteiger partial charge in [-0.15, -0.1) is 11.3 Å². The van der Waals surface area contributed by atoms with Gasteiger partial charge in [0.25, 0.3) is 0 Å². The van der Waals surface area contributed by atoms with E-state index in [0.717, 1.165) is 23.8 Å². The summed E-state index contributed by atoms with van der Waals surface area (Å²) < 4.78 is 0. The van der Waals surface area contributed by atoms with Crippen LogP contribution in [0.1, 0.15) is 21.8 Å². The van der Waals surface area contributed by atoms with Gasteiger partial charge in [-0.25, -0.2) is 4.98 Å². The molecule has 2 aromatic rings. The van der Waals surface area contributed by atoms with Gasteiger partial charge in [0, 0.05) is 24.2 Å². The summed E-state index contributed by atoms with van der Waals surface area (Å²) in [7, 11) is 0. The summed E-state index contributed by atoms with van der Waals surface area (Å²) in [5.74, 6) is 0. The van der Waals surface area contributed by atoms with E-state index in [4.69, 9.17) is 0 Å². The minimum atomic E-state index is 0.854. The highest BCUT2D eigenvalue weighted by Gasteiger charge is 1.99. The molecule has 3 heteroatoms. The third-order valence-corrected chi connectivity index (χ3v) is 3.49. The number of thiazole rings is 1. The Hall–Kier alpha value is -1.19. The molecule has 1 heterocycles. The molecule has 0 aliphatic carbocycles. The van der Waals surface area contributed by atoms with Crippen LogP contribution in [0.25, 0.3) is 0 Å². The molecule has 0 saturated heterocycles. The molecule has 0 radical (unpaired) electrons. The van der Waals surface area contributed by atoms with Crippen LogP contribution in [0.2, 0.25) is 0 Å². The van der Waals surface area contributed by atoms with Gasteiger partial charge in [0.05, 0.1) is 0 Å². The molecule has 0 saturated carbocycles. The van der Waals surface area contributed by atoms with Crippen LogP contribution >= 0.6 is 11.3 Å². The van der Waals surface area contributed by atoms with Gasteiger partial charge >= 0.3 is 0 Å². The highest BCUT2D eigenvalue weighted by molar-refractivity contribution is 7.09. The SMILES string of the molecule is Cc1csc(CNCc2ccccc2C)n1. The van der Waals surface area contributed by atoms with Gasteiger partial charge in [-0.05, 0) is 25.0 Å². The first kappa shape index (κ1) is 11.3. The molecule has 1 aromatic heterocycles. The van der Waals surface area contributed by atoms with Crippen LogP contribution in [-0.2, 0) is 13.1 Å². The molecular weight excluding hydrogens is 216 g/mol. The lowest BCUT2D eigenvalue weighted by Gasteiger charge is -2.05. The Bertz CT molecular complexity index is 462. The van der Waals surface area contributed by atoms with Crippen molar-refractivity contribution in [2.75, 3.05) is 0 Å². The summed E-state index contributed by atoms with van der Waals surface area (Å²) in [6.45, 7) is 5.93. The maximum absolute atomic E-state index is 4.42. The number of rotatable bonds is 4. The van der Waals surface area contributed by atoms with Crippen molar-refractivity contribution < 1.29 is 0 Å². The maximum atomic E-state index is 4.42. The van der Waals surface area contributed by atoms with E-state index in [0.29, 0.717) is 0 Å². The smallest absolute Gasteiger partial charge is 0.107 e. The second-order valence-corrected chi connectivity index (χ2v) is 4.86. The number of nitrogens with one attached hydrogen (secondary N) is 1. The zero-order chi connectivity index (χ0) is 11.4. The average molecular weight is 232 g/mol. The Balaban J connectivity index is 1.87. The summed E-state index contributed by atoms with van der Waals surface area (Å²) in [5, 5.41) is 6.67. The fourth-order valence-corrected chi connectivity index (χ4v) is 2.34. The molecule has 0 bridgehead atoms. The lowest BCUT2D eigenvalue weighted by atomic mass is 10.1. The molecular formula is C13H16N2S. The molecule has 2 nitrogen and oxygen atoms in total. The molecule has 0 spiro atoms. The summed E-state index contributed by atoms with van der Waals surface area (Å²) >= 11 is 1.72. The topological polar surface area (TPSA) is 24.9 Å². The summed E-state index contributed by atoms with van der Waals surface area (Å²) in [6, 6.07) is 8.46. The molecule has 0 atom stereocenters. The van der Waals surface area contributed by atoms with E-state index >= 15 is 0 Å². The van der Waals surface area contributed by atoms with Crippen molar-refractivity contribution in [2.45, 2.75) is 26.9 Å². The molecule has 0 amide bonds. The average Bonchev–Trinajstić information content (AvgIpc) is 2.67. The van der Waals surface area contributed by atoms with Gasteiger partial charge in [-0.3, -0.25) is 0 Å². The predicted molar refractivity (Wildman–Crippen MR) is 68.6 cm³/mol. The zero-order valence-electron chi connectivity index (χ0n) is 9.66. The maximum Gasteiger partial charge on any atom is 0.107 e. The lowest BCUT2D eigenvalue weighted by molar-refractivity contribution is 0.686. The van der Waals surface area contributed by atoms with E-state index in [-0.39, 0.29) is 0 Å². The highest BCUT2D eigenvalue weighted by atomic mass is 32.1. The van der Waals surface area contributed by atoms with Crippen molar-refractivity contribution in [1.29, 1.82) is 0 Å². The van der Waals surface area contributed by atoms with Gasteiger partial charge in [-0.2, -0.15) is 0 Å². The summed E-state index contributed by atoms with van der Waals surface area (Å²) in [6.07, 6.45) is 0. The van der Waals surface area contributed by atoms with Crippen molar-refractivity contribution in [3.63, 3.8) is 0 Å². The van der Waals surface area contributed by atoms with E-state index in [9.17, 15) is 0 Å². The number of hydrogen-bond donors (Lipinski definition) is 1. The van der Waals surface area contributed by atoms with Gasteiger partial charge in [0.2, 0.25) is 0 Å². The van der Waals surface area contributed by atoms with Crippen molar-refractivity contribution in [3.05, 3.63) is 51.5 Å². The fourth-order valence-electron chi connectivity index (χ4n) is 1.60. The molecule has 0 fully saturated rings. The summed E-state index contributed by atoms with van der Waals surface area (Å²) in [5.41, 5.74) is 3.80. The Morgan fingerprint density at radius 3 is 2.69 bits per heavy atom. The Labute approximate surface area is 100 Å². The number of nitrogens with zero attached hydrogens (tertiary/aromatic N) is 1. The standard InChI is InChI=1S/C13H16N2S/c1-10-5-3-4-6-12(10)7-14-8-13-15-11(2)9-16-13/h3-6,9,14H,7-8H2,1-2H3. The van der Waals surface area contributed by atoms with Gasteiger partial charge < -0.3 is 5.32 Å². The molecule has 16 heavy (non-hydrogen) atoms. The van der Waals surface area contributed by atoms with Crippen LogP contribution in [0.4, 0.5) is 0 Å². The predicted octanol–water partition coefficient (Wildman–Crippen LogP) is 3.05. The fraction of sp³-hybridized carbons (Fsp3) is 0.308. The van der Waals surface area contributed by atoms with Crippen LogP contribution < -0.4 is 5.32 Å². The first-order valence-corrected chi connectivity index (χ1v) is 6.30. The second kappa shape index (κ2) is 5.23. The third-order valence-electron chi connectivity index (χ3n) is 2.52. The first-order chi connectivity index (χ1) is 7.75. The Kier molecular flexibility index (Phi) is 3.70. The van der Waals surface area contributed by atoms with Crippen LogP contribution in [0.3, 0.4) is 0 Å². The molecule has 0 unspecified atom stereocenters. The normalized spacial score (nSPS) is 10.6. The molecule has 2 rings (SSSR count). The van der Waals surface area contributed by atoms with Gasteiger partial charge in [0.15, 0.2) is 0 Å². The summed E-state index contributed by atoms with van der Waals surface area (Å²) in [4.78, 5) is 4.42. The third kappa shape index (κ3) is 2.90. The Morgan fingerprint density at radius 1 is 1.19 bits per heavy atom.